The highest BCUT2D eigenvalue weighted by Crippen LogP contribution is 2.33. The van der Waals surface area contributed by atoms with Gasteiger partial charge >= 0.3 is 0 Å². The predicted molar refractivity (Wildman–Crippen MR) is 68.9 cm³/mol. The molecule has 0 radical (unpaired) electrons. The van der Waals surface area contributed by atoms with Crippen molar-refractivity contribution in [3.63, 3.8) is 0 Å². The van der Waals surface area contributed by atoms with E-state index in [1.54, 1.807) is 49.6 Å². The van der Waals surface area contributed by atoms with Crippen molar-refractivity contribution in [2.45, 2.75) is 0 Å². The van der Waals surface area contributed by atoms with Crippen molar-refractivity contribution < 1.29 is 9.47 Å². The Bertz CT molecular complexity index is 511. The second-order valence-electron chi connectivity index (χ2n) is 3.47. The van der Waals surface area contributed by atoms with Gasteiger partial charge in [-0.15, -0.1) is 0 Å². The second kappa shape index (κ2) is 4.97. The van der Waals surface area contributed by atoms with Crippen LogP contribution in [0.2, 0.25) is 5.02 Å². The number of hydrogen-bond acceptors (Lipinski definition) is 3. The molecule has 0 aliphatic carbocycles. The van der Waals surface area contributed by atoms with Crippen LogP contribution in [0.3, 0.4) is 0 Å². The largest absolute Gasteiger partial charge is 0.493 e. The number of hydrogen-bond donors (Lipinski definition) is 1. The Hall–Kier alpha value is -1.87. The lowest BCUT2D eigenvalue weighted by atomic mass is 10.3. The molecule has 4 heteroatoms. The Balaban J connectivity index is 2.26. The lowest BCUT2D eigenvalue weighted by molar-refractivity contribution is 0.379. The van der Waals surface area contributed by atoms with Crippen molar-refractivity contribution in [3.05, 3.63) is 47.5 Å². The van der Waals surface area contributed by atoms with Gasteiger partial charge in [-0.3, -0.25) is 0 Å². The van der Waals surface area contributed by atoms with Crippen molar-refractivity contribution in [2.75, 3.05) is 12.8 Å². The average molecular weight is 250 g/mol. The number of nitrogen functional groups attached to an aromatic ring is 1. The topological polar surface area (TPSA) is 44.5 Å². The third-order valence-corrected chi connectivity index (χ3v) is 2.48. The van der Waals surface area contributed by atoms with Gasteiger partial charge in [0.15, 0.2) is 11.5 Å². The molecule has 0 spiro atoms. The Morgan fingerprint density at radius 3 is 2.35 bits per heavy atom. The molecule has 0 aliphatic heterocycles. The van der Waals surface area contributed by atoms with E-state index in [1.807, 2.05) is 0 Å². The van der Waals surface area contributed by atoms with E-state index in [2.05, 4.69) is 0 Å². The lowest BCUT2D eigenvalue weighted by Crippen LogP contribution is -1.92. The van der Waals surface area contributed by atoms with E-state index < -0.39 is 0 Å². The summed E-state index contributed by atoms with van der Waals surface area (Å²) in [7, 11) is 1.57. The first-order valence-corrected chi connectivity index (χ1v) is 5.44. The molecule has 0 aromatic heterocycles. The zero-order valence-electron chi connectivity index (χ0n) is 9.31. The number of methoxy groups -OCH3 is 1. The SMILES string of the molecule is COc1cc(N)ccc1Oc1ccc(Cl)cc1. The molecule has 0 amide bonds. The molecule has 0 bridgehead atoms. The number of rotatable bonds is 3. The molecule has 0 saturated carbocycles. The van der Waals surface area contributed by atoms with Gasteiger partial charge in [0.2, 0.25) is 0 Å². The molecule has 0 saturated heterocycles. The van der Waals surface area contributed by atoms with Crippen LogP contribution in [0, 0.1) is 0 Å². The summed E-state index contributed by atoms with van der Waals surface area (Å²) in [4.78, 5) is 0. The van der Waals surface area contributed by atoms with E-state index in [0.717, 1.165) is 0 Å². The van der Waals surface area contributed by atoms with Gasteiger partial charge in [-0.05, 0) is 36.4 Å². The van der Waals surface area contributed by atoms with Crippen LogP contribution in [0.5, 0.6) is 17.2 Å². The van der Waals surface area contributed by atoms with Crippen LogP contribution in [0.15, 0.2) is 42.5 Å². The Kier molecular flexibility index (Phi) is 3.40. The molecule has 2 aromatic carbocycles. The van der Waals surface area contributed by atoms with Crippen molar-refractivity contribution in [2.24, 2.45) is 0 Å². The van der Waals surface area contributed by atoms with Crippen LogP contribution >= 0.6 is 11.6 Å². The summed E-state index contributed by atoms with van der Waals surface area (Å²) < 4.78 is 10.9. The van der Waals surface area contributed by atoms with E-state index in [4.69, 9.17) is 26.8 Å². The number of nitrogens with two attached hydrogens (primary N) is 1. The lowest BCUT2D eigenvalue weighted by Gasteiger charge is -2.10. The summed E-state index contributed by atoms with van der Waals surface area (Å²) in [5, 5.41) is 0.668. The van der Waals surface area contributed by atoms with E-state index in [9.17, 15) is 0 Å². The van der Waals surface area contributed by atoms with Crippen molar-refractivity contribution >= 4 is 17.3 Å². The molecule has 0 fully saturated rings. The summed E-state index contributed by atoms with van der Waals surface area (Å²) in [6.45, 7) is 0. The van der Waals surface area contributed by atoms with E-state index in [0.29, 0.717) is 28.0 Å². The Morgan fingerprint density at radius 2 is 1.71 bits per heavy atom. The zero-order chi connectivity index (χ0) is 12.3. The summed E-state index contributed by atoms with van der Waals surface area (Å²) in [5.41, 5.74) is 6.29. The highest BCUT2D eigenvalue weighted by atomic mass is 35.5. The van der Waals surface area contributed by atoms with Gasteiger partial charge in [0, 0.05) is 16.8 Å². The molecular formula is C13H12ClNO2. The van der Waals surface area contributed by atoms with Crippen LogP contribution in [0.4, 0.5) is 5.69 Å². The normalized spacial score (nSPS) is 10.0. The number of anilines is 1. The molecule has 0 atom stereocenters. The van der Waals surface area contributed by atoms with Crippen LogP contribution in [0.1, 0.15) is 0 Å². The molecule has 88 valence electrons. The molecule has 0 heterocycles. The summed E-state index contributed by atoms with van der Waals surface area (Å²) in [6, 6.07) is 12.3. The van der Waals surface area contributed by atoms with Gasteiger partial charge in [0.25, 0.3) is 0 Å². The fraction of sp³-hybridized carbons (Fsp3) is 0.0769. The molecule has 3 nitrogen and oxygen atoms in total. The summed E-state index contributed by atoms with van der Waals surface area (Å²) in [6.07, 6.45) is 0. The van der Waals surface area contributed by atoms with Crippen molar-refractivity contribution in [1.82, 2.24) is 0 Å². The maximum Gasteiger partial charge on any atom is 0.169 e. The van der Waals surface area contributed by atoms with Gasteiger partial charge in [-0.2, -0.15) is 0 Å². The third-order valence-electron chi connectivity index (χ3n) is 2.23. The van der Waals surface area contributed by atoms with Crippen LogP contribution in [0.25, 0.3) is 0 Å². The first kappa shape index (κ1) is 11.6. The molecule has 17 heavy (non-hydrogen) atoms. The highest BCUT2D eigenvalue weighted by Gasteiger charge is 2.05. The van der Waals surface area contributed by atoms with Gasteiger partial charge in [-0.25, -0.2) is 0 Å². The number of halogens is 1. The maximum atomic E-state index is 5.80. The monoisotopic (exact) mass is 249 g/mol. The first-order chi connectivity index (χ1) is 8.19. The van der Waals surface area contributed by atoms with Gasteiger partial charge in [0.05, 0.1) is 7.11 Å². The fourth-order valence-electron chi connectivity index (χ4n) is 1.40. The van der Waals surface area contributed by atoms with Gasteiger partial charge in [-0.1, -0.05) is 11.6 Å². The van der Waals surface area contributed by atoms with E-state index in [-0.39, 0.29) is 0 Å². The Labute approximate surface area is 105 Å². The molecule has 0 aliphatic rings. The van der Waals surface area contributed by atoms with Crippen molar-refractivity contribution in [3.8, 4) is 17.2 Å². The zero-order valence-corrected chi connectivity index (χ0v) is 10.1. The molecular weight excluding hydrogens is 238 g/mol. The van der Waals surface area contributed by atoms with E-state index >= 15 is 0 Å². The average Bonchev–Trinajstić information content (AvgIpc) is 2.34. The molecule has 2 N–H and O–H groups in total. The summed E-state index contributed by atoms with van der Waals surface area (Å²) in [5.74, 6) is 1.90. The van der Waals surface area contributed by atoms with Crippen molar-refractivity contribution in [1.29, 1.82) is 0 Å². The number of benzene rings is 2. The minimum Gasteiger partial charge on any atom is -0.493 e. The molecule has 2 rings (SSSR count). The summed E-state index contributed by atoms with van der Waals surface area (Å²) >= 11 is 5.80. The molecule has 0 unspecified atom stereocenters. The number of ether oxygens (including phenoxy) is 2. The predicted octanol–water partition coefficient (Wildman–Crippen LogP) is 3.72. The maximum absolute atomic E-state index is 5.80. The van der Waals surface area contributed by atoms with E-state index in [1.165, 1.54) is 0 Å². The first-order valence-electron chi connectivity index (χ1n) is 5.06. The Morgan fingerprint density at radius 1 is 1.00 bits per heavy atom. The third kappa shape index (κ3) is 2.82. The minimum absolute atomic E-state index is 0.597. The molecule has 2 aromatic rings. The van der Waals surface area contributed by atoms with Gasteiger partial charge < -0.3 is 15.2 Å². The standard InChI is InChI=1S/C13H12ClNO2/c1-16-13-8-10(15)4-7-12(13)17-11-5-2-9(14)3-6-11/h2-8H,15H2,1H3. The highest BCUT2D eigenvalue weighted by molar-refractivity contribution is 6.30. The minimum atomic E-state index is 0.597. The quantitative estimate of drug-likeness (QED) is 0.843. The van der Waals surface area contributed by atoms with Gasteiger partial charge in [0.1, 0.15) is 5.75 Å². The van der Waals surface area contributed by atoms with Crippen LogP contribution < -0.4 is 15.2 Å². The smallest absolute Gasteiger partial charge is 0.169 e. The van der Waals surface area contributed by atoms with Crippen LogP contribution in [-0.2, 0) is 0 Å². The fourth-order valence-corrected chi connectivity index (χ4v) is 1.52. The van der Waals surface area contributed by atoms with Crippen LogP contribution in [-0.4, -0.2) is 7.11 Å². The second-order valence-corrected chi connectivity index (χ2v) is 3.90.